The lowest BCUT2D eigenvalue weighted by molar-refractivity contribution is 0.248. The highest BCUT2D eigenvalue weighted by Gasteiger charge is 2.13. The van der Waals surface area contributed by atoms with Crippen molar-refractivity contribution in [2.24, 2.45) is 0 Å². The number of hydrogen-bond donors (Lipinski definition) is 2. The number of para-hydroxylation sites is 1. The molecule has 0 aliphatic rings. The highest BCUT2D eigenvalue weighted by atomic mass is 32.2. The summed E-state index contributed by atoms with van der Waals surface area (Å²) >= 11 is 1.62. The summed E-state index contributed by atoms with van der Waals surface area (Å²) in [5, 5.41) is 5.95. The monoisotopic (exact) mass is 300 g/mol. The predicted octanol–water partition coefficient (Wildman–Crippen LogP) is 4.68. The van der Waals surface area contributed by atoms with Gasteiger partial charge in [0.15, 0.2) is 0 Å². The number of carbonyl (C=O) groups excluding carboxylic acids is 1. The first-order valence-electron chi connectivity index (χ1n) is 7.00. The van der Waals surface area contributed by atoms with Crippen LogP contribution in [0.15, 0.2) is 59.5 Å². The van der Waals surface area contributed by atoms with Crippen LogP contribution in [-0.4, -0.2) is 12.3 Å². The molecule has 0 saturated carbocycles. The summed E-state index contributed by atoms with van der Waals surface area (Å²) in [6, 6.07) is 17.7. The summed E-state index contributed by atoms with van der Waals surface area (Å²) in [5.74, 6) is 0. The van der Waals surface area contributed by atoms with Crippen molar-refractivity contribution in [2.75, 3.05) is 11.6 Å². The van der Waals surface area contributed by atoms with Gasteiger partial charge in [0.1, 0.15) is 0 Å². The molecule has 2 aromatic rings. The third-order valence-corrected chi connectivity index (χ3v) is 4.07. The Balaban J connectivity index is 2.03. The van der Waals surface area contributed by atoms with Crippen molar-refractivity contribution < 1.29 is 4.79 Å². The number of rotatable bonds is 5. The Labute approximate surface area is 130 Å². The molecule has 2 aromatic carbocycles. The van der Waals surface area contributed by atoms with Crippen LogP contribution in [-0.2, 0) is 0 Å². The van der Waals surface area contributed by atoms with Crippen LogP contribution in [0.2, 0.25) is 0 Å². The maximum Gasteiger partial charge on any atom is 0.319 e. The van der Waals surface area contributed by atoms with Crippen LogP contribution in [0.3, 0.4) is 0 Å². The van der Waals surface area contributed by atoms with E-state index in [1.165, 1.54) is 0 Å². The minimum absolute atomic E-state index is 0.0210. The molecule has 2 N–H and O–H groups in total. The van der Waals surface area contributed by atoms with Crippen LogP contribution < -0.4 is 10.6 Å². The first-order valence-corrected chi connectivity index (χ1v) is 8.22. The third kappa shape index (κ3) is 4.26. The van der Waals surface area contributed by atoms with E-state index in [9.17, 15) is 4.79 Å². The first-order chi connectivity index (χ1) is 10.2. The van der Waals surface area contributed by atoms with Gasteiger partial charge in [-0.05, 0) is 30.4 Å². The molecular weight excluding hydrogens is 280 g/mol. The van der Waals surface area contributed by atoms with Crippen LogP contribution in [0.4, 0.5) is 10.5 Å². The third-order valence-electron chi connectivity index (χ3n) is 3.27. The zero-order valence-corrected chi connectivity index (χ0v) is 13.1. The van der Waals surface area contributed by atoms with Crippen molar-refractivity contribution in [2.45, 2.75) is 24.3 Å². The predicted molar refractivity (Wildman–Crippen MR) is 89.9 cm³/mol. The second-order valence-electron chi connectivity index (χ2n) is 4.67. The SMILES string of the molecule is CCC(NC(=O)Nc1ccccc1SC)c1ccccc1. The number of urea groups is 1. The van der Waals surface area contributed by atoms with Crippen molar-refractivity contribution in [1.29, 1.82) is 0 Å². The largest absolute Gasteiger partial charge is 0.331 e. The zero-order valence-electron chi connectivity index (χ0n) is 12.3. The van der Waals surface area contributed by atoms with Gasteiger partial charge in [0.05, 0.1) is 11.7 Å². The molecular formula is C17H20N2OS. The fourth-order valence-corrected chi connectivity index (χ4v) is 2.72. The molecule has 2 rings (SSSR count). The quantitative estimate of drug-likeness (QED) is 0.787. The van der Waals surface area contributed by atoms with Gasteiger partial charge in [-0.15, -0.1) is 11.8 Å². The van der Waals surface area contributed by atoms with Gasteiger partial charge in [-0.2, -0.15) is 0 Å². The Kier molecular flexibility index (Phi) is 5.69. The fraction of sp³-hybridized carbons (Fsp3) is 0.235. The molecule has 0 spiro atoms. The van der Waals surface area contributed by atoms with E-state index in [2.05, 4.69) is 17.6 Å². The molecule has 1 unspecified atom stereocenters. The van der Waals surface area contributed by atoms with Gasteiger partial charge in [-0.25, -0.2) is 4.79 Å². The van der Waals surface area contributed by atoms with E-state index in [1.807, 2.05) is 60.9 Å². The van der Waals surface area contributed by atoms with Gasteiger partial charge < -0.3 is 10.6 Å². The van der Waals surface area contributed by atoms with Gasteiger partial charge in [-0.1, -0.05) is 49.4 Å². The van der Waals surface area contributed by atoms with Crippen LogP contribution in [0, 0.1) is 0 Å². The van der Waals surface area contributed by atoms with E-state index in [4.69, 9.17) is 0 Å². The number of carbonyl (C=O) groups is 1. The smallest absolute Gasteiger partial charge is 0.319 e. The molecule has 0 aliphatic heterocycles. The summed E-state index contributed by atoms with van der Waals surface area (Å²) in [7, 11) is 0. The number of hydrogen-bond acceptors (Lipinski definition) is 2. The molecule has 2 amide bonds. The molecule has 0 fully saturated rings. The van der Waals surface area contributed by atoms with Crippen molar-refractivity contribution in [3.8, 4) is 0 Å². The van der Waals surface area contributed by atoms with E-state index in [-0.39, 0.29) is 12.1 Å². The van der Waals surface area contributed by atoms with Crippen molar-refractivity contribution in [3.05, 3.63) is 60.2 Å². The number of nitrogens with one attached hydrogen (secondary N) is 2. The molecule has 4 heteroatoms. The van der Waals surface area contributed by atoms with E-state index < -0.39 is 0 Å². The second kappa shape index (κ2) is 7.74. The van der Waals surface area contributed by atoms with E-state index in [0.29, 0.717) is 0 Å². The van der Waals surface area contributed by atoms with Crippen LogP contribution >= 0.6 is 11.8 Å². The lowest BCUT2D eigenvalue weighted by Gasteiger charge is -2.18. The molecule has 21 heavy (non-hydrogen) atoms. The summed E-state index contributed by atoms with van der Waals surface area (Å²) in [5.41, 5.74) is 1.96. The van der Waals surface area contributed by atoms with Gasteiger partial charge in [0.2, 0.25) is 0 Å². The Hall–Kier alpha value is -1.94. The Morgan fingerprint density at radius 2 is 1.76 bits per heavy atom. The molecule has 0 aromatic heterocycles. The first kappa shape index (κ1) is 15.4. The number of benzene rings is 2. The minimum Gasteiger partial charge on any atom is -0.331 e. The van der Waals surface area contributed by atoms with Crippen LogP contribution in [0.1, 0.15) is 24.9 Å². The molecule has 0 bridgehead atoms. The lowest BCUT2D eigenvalue weighted by atomic mass is 10.1. The van der Waals surface area contributed by atoms with Crippen LogP contribution in [0.5, 0.6) is 0 Å². The zero-order chi connectivity index (χ0) is 15.1. The highest BCUT2D eigenvalue weighted by Crippen LogP contribution is 2.24. The molecule has 110 valence electrons. The van der Waals surface area contributed by atoms with Crippen molar-refractivity contribution in [3.63, 3.8) is 0 Å². The lowest BCUT2D eigenvalue weighted by Crippen LogP contribution is -2.32. The fourth-order valence-electron chi connectivity index (χ4n) is 2.17. The summed E-state index contributed by atoms with van der Waals surface area (Å²) < 4.78 is 0. The van der Waals surface area contributed by atoms with E-state index in [0.717, 1.165) is 22.6 Å². The molecule has 0 aliphatic carbocycles. The average Bonchev–Trinajstić information content (AvgIpc) is 2.54. The normalized spacial score (nSPS) is 11.7. The van der Waals surface area contributed by atoms with E-state index >= 15 is 0 Å². The molecule has 0 saturated heterocycles. The topological polar surface area (TPSA) is 41.1 Å². The molecule has 1 atom stereocenters. The minimum atomic E-state index is -0.174. The Morgan fingerprint density at radius 1 is 1.10 bits per heavy atom. The maximum absolute atomic E-state index is 12.2. The maximum atomic E-state index is 12.2. The molecule has 3 nitrogen and oxygen atoms in total. The van der Waals surface area contributed by atoms with E-state index in [1.54, 1.807) is 11.8 Å². The second-order valence-corrected chi connectivity index (χ2v) is 5.52. The van der Waals surface area contributed by atoms with Gasteiger partial charge >= 0.3 is 6.03 Å². The average molecular weight is 300 g/mol. The number of anilines is 1. The van der Waals surface area contributed by atoms with Gasteiger partial charge in [-0.3, -0.25) is 0 Å². The van der Waals surface area contributed by atoms with Gasteiger partial charge in [0, 0.05) is 4.90 Å². The summed E-state index contributed by atoms with van der Waals surface area (Å²) in [4.78, 5) is 13.2. The van der Waals surface area contributed by atoms with Gasteiger partial charge in [0.25, 0.3) is 0 Å². The Morgan fingerprint density at radius 3 is 2.43 bits per heavy atom. The standard InChI is InChI=1S/C17H20N2OS/c1-3-14(13-9-5-4-6-10-13)18-17(20)19-15-11-7-8-12-16(15)21-2/h4-12,14H,3H2,1-2H3,(H2,18,19,20). The summed E-state index contributed by atoms with van der Waals surface area (Å²) in [6.07, 6.45) is 2.85. The summed E-state index contributed by atoms with van der Waals surface area (Å²) in [6.45, 7) is 2.06. The molecule has 0 radical (unpaired) electrons. The van der Waals surface area contributed by atoms with Crippen LogP contribution in [0.25, 0.3) is 0 Å². The van der Waals surface area contributed by atoms with Crippen molar-refractivity contribution in [1.82, 2.24) is 5.32 Å². The molecule has 0 heterocycles. The number of thioether (sulfide) groups is 1. The highest BCUT2D eigenvalue weighted by molar-refractivity contribution is 7.98. The number of amides is 2. The van der Waals surface area contributed by atoms with Crippen molar-refractivity contribution >= 4 is 23.5 Å². The Bertz CT molecular complexity index is 586.